The molecular formula is C18H25NO. The summed E-state index contributed by atoms with van der Waals surface area (Å²) in [6.07, 6.45) is 8.37. The van der Waals surface area contributed by atoms with Crippen LogP contribution in [0.2, 0.25) is 0 Å². The highest BCUT2D eigenvalue weighted by Crippen LogP contribution is 2.30. The zero-order valence-electron chi connectivity index (χ0n) is 12.5. The lowest BCUT2D eigenvalue weighted by atomic mass is 9.94. The van der Waals surface area contributed by atoms with Crippen LogP contribution in [0.25, 0.3) is 0 Å². The predicted octanol–water partition coefficient (Wildman–Crippen LogP) is 3.72. The Labute approximate surface area is 122 Å². The minimum absolute atomic E-state index is 0.222. The van der Waals surface area contributed by atoms with Gasteiger partial charge in [0, 0.05) is 18.5 Å². The van der Waals surface area contributed by atoms with Gasteiger partial charge in [-0.2, -0.15) is 0 Å². The molecule has 1 saturated heterocycles. The summed E-state index contributed by atoms with van der Waals surface area (Å²) in [6, 6.07) is 9.18. The van der Waals surface area contributed by atoms with Gasteiger partial charge < -0.3 is 4.90 Å². The first-order valence-corrected chi connectivity index (χ1v) is 8.10. The Kier molecular flexibility index (Phi) is 4.09. The van der Waals surface area contributed by atoms with Crippen LogP contribution in [0.15, 0.2) is 24.3 Å². The maximum Gasteiger partial charge on any atom is 0.226 e. The topological polar surface area (TPSA) is 20.3 Å². The lowest BCUT2D eigenvalue weighted by Crippen LogP contribution is -2.39. The van der Waals surface area contributed by atoms with Crippen molar-refractivity contribution in [3.05, 3.63) is 35.4 Å². The van der Waals surface area contributed by atoms with E-state index in [2.05, 4.69) is 36.1 Å². The molecule has 2 aliphatic rings. The van der Waals surface area contributed by atoms with Crippen LogP contribution in [-0.4, -0.2) is 23.4 Å². The van der Waals surface area contributed by atoms with Crippen molar-refractivity contribution in [3.8, 4) is 0 Å². The minimum atomic E-state index is 0.222. The van der Waals surface area contributed by atoms with E-state index in [1.54, 1.807) is 0 Å². The van der Waals surface area contributed by atoms with Crippen LogP contribution < -0.4 is 0 Å². The number of likely N-dealkylation sites (tertiary alicyclic amines) is 1. The second kappa shape index (κ2) is 5.99. The third kappa shape index (κ3) is 2.89. The Hall–Kier alpha value is -1.31. The number of hydrogen-bond acceptors (Lipinski definition) is 1. The van der Waals surface area contributed by atoms with E-state index in [1.807, 2.05) is 0 Å². The highest BCUT2D eigenvalue weighted by atomic mass is 16.2. The van der Waals surface area contributed by atoms with Gasteiger partial charge in [-0.15, -0.1) is 0 Å². The van der Waals surface area contributed by atoms with Crippen molar-refractivity contribution in [3.63, 3.8) is 0 Å². The van der Waals surface area contributed by atoms with Gasteiger partial charge in [-0.3, -0.25) is 4.79 Å². The molecule has 2 fully saturated rings. The molecule has 1 amide bonds. The number of carbonyl (C=O) groups excluding carboxylic acids is 1. The minimum Gasteiger partial charge on any atom is -0.339 e. The average Bonchev–Trinajstić information content (AvgIpc) is 2.84. The fourth-order valence-corrected chi connectivity index (χ4v) is 3.72. The Morgan fingerprint density at radius 3 is 2.45 bits per heavy atom. The van der Waals surface area contributed by atoms with Gasteiger partial charge in [0.2, 0.25) is 5.91 Å². The molecule has 0 aromatic heterocycles. The third-order valence-electron chi connectivity index (χ3n) is 4.97. The van der Waals surface area contributed by atoms with E-state index in [0.29, 0.717) is 11.9 Å². The van der Waals surface area contributed by atoms with Crippen molar-refractivity contribution >= 4 is 5.91 Å². The van der Waals surface area contributed by atoms with E-state index in [0.717, 1.165) is 19.4 Å². The smallest absolute Gasteiger partial charge is 0.226 e. The number of rotatable bonds is 3. The van der Waals surface area contributed by atoms with E-state index >= 15 is 0 Å². The molecular weight excluding hydrogens is 246 g/mol. The summed E-state index contributed by atoms with van der Waals surface area (Å²) < 4.78 is 0. The molecule has 0 N–H and O–H groups in total. The molecule has 2 heteroatoms. The molecule has 0 radical (unpaired) electrons. The first-order chi connectivity index (χ1) is 9.74. The van der Waals surface area contributed by atoms with Crippen LogP contribution in [-0.2, 0) is 11.2 Å². The maximum absolute atomic E-state index is 12.6. The highest BCUT2D eigenvalue weighted by molar-refractivity contribution is 5.81. The van der Waals surface area contributed by atoms with E-state index in [4.69, 9.17) is 0 Å². The van der Waals surface area contributed by atoms with Crippen molar-refractivity contribution in [1.82, 2.24) is 4.90 Å². The normalized spacial score (nSPS) is 24.4. The standard InChI is InChI=1S/C18H25NO/c1-14-7-9-15(10-8-14)13-16-11-12-19(18(16)20)17-5-3-2-4-6-17/h7-10,16-17H,2-6,11-13H2,1H3. The van der Waals surface area contributed by atoms with Gasteiger partial charge in [-0.25, -0.2) is 0 Å². The molecule has 1 saturated carbocycles. The molecule has 1 aromatic carbocycles. The molecule has 3 rings (SSSR count). The van der Waals surface area contributed by atoms with E-state index in [9.17, 15) is 4.79 Å². The number of amides is 1. The summed E-state index contributed by atoms with van der Waals surface area (Å²) in [5, 5.41) is 0. The van der Waals surface area contributed by atoms with Crippen molar-refractivity contribution in [1.29, 1.82) is 0 Å². The molecule has 2 nitrogen and oxygen atoms in total. The summed E-state index contributed by atoms with van der Waals surface area (Å²) in [4.78, 5) is 14.8. The van der Waals surface area contributed by atoms with E-state index in [-0.39, 0.29) is 5.92 Å². The molecule has 20 heavy (non-hydrogen) atoms. The van der Waals surface area contributed by atoms with Crippen LogP contribution in [0.4, 0.5) is 0 Å². The quantitative estimate of drug-likeness (QED) is 0.820. The van der Waals surface area contributed by atoms with Crippen LogP contribution in [0, 0.1) is 12.8 Å². The first-order valence-electron chi connectivity index (χ1n) is 8.10. The molecule has 1 heterocycles. The van der Waals surface area contributed by atoms with Gasteiger partial charge in [0.05, 0.1) is 0 Å². The zero-order chi connectivity index (χ0) is 13.9. The second-order valence-corrected chi connectivity index (χ2v) is 6.50. The predicted molar refractivity (Wildman–Crippen MR) is 81.6 cm³/mol. The molecule has 1 atom stereocenters. The number of carbonyl (C=O) groups is 1. The van der Waals surface area contributed by atoms with Crippen molar-refractivity contribution in [2.45, 2.75) is 57.9 Å². The lowest BCUT2D eigenvalue weighted by Gasteiger charge is -2.31. The van der Waals surface area contributed by atoms with Gasteiger partial charge in [0.1, 0.15) is 0 Å². The molecule has 1 unspecified atom stereocenters. The van der Waals surface area contributed by atoms with Gasteiger partial charge in [0.15, 0.2) is 0 Å². The SMILES string of the molecule is Cc1ccc(CC2CCN(C3CCCCC3)C2=O)cc1. The van der Waals surface area contributed by atoms with Crippen LogP contribution in [0.1, 0.15) is 49.7 Å². The number of hydrogen-bond donors (Lipinski definition) is 0. The number of benzene rings is 1. The fraction of sp³-hybridized carbons (Fsp3) is 0.611. The number of nitrogens with zero attached hydrogens (tertiary/aromatic N) is 1. The molecule has 0 bridgehead atoms. The summed E-state index contributed by atoms with van der Waals surface area (Å²) in [5.74, 6) is 0.636. The van der Waals surface area contributed by atoms with Gasteiger partial charge in [-0.1, -0.05) is 49.1 Å². The van der Waals surface area contributed by atoms with Crippen LogP contribution in [0.5, 0.6) is 0 Å². The van der Waals surface area contributed by atoms with E-state index in [1.165, 1.54) is 43.2 Å². The van der Waals surface area contributed by atoms with Crippen LogP contribution >= 0.6 is 0 Å². The van der Waals surface area contributed by atoms with Crippen LogP contribution in [0.3, 0.4) is 0 Å². The van der Waals surface area contributed by atoms with Gasteiger partial charge in [0.25, 0.3) is 0 Å². The van der Waals surface area contributed by atoms with Gasteiger partial charge in [-0.05, 0) is 38.2 Å². The Balaban J connectivity index is 1.61. The summed E-state index contributed by atoms with van der Waals surface area (Å²) in [5.41, 5.74) is 2.59. The lowest BCUT2D eigenvalue weighted by molar-refractivity contribution is -0.133. The van der Waals surface area contributed by atoms with E-state index < -0.39 is 0 Å². The van der Waals surface area contributed by atoms with Crippen molar-refractivity contribution in [2.75, 3.05) is 6.54 Å². The molecule has 0 spiro atoms. The summed E-state index contributed by atoms with van der Waals surface area (Å²) in [7, 11) is 0. The average molecular weight is 271 g/mol. The highest BCUT2D eigenvalue weighted by Gasteiger charge is 2.35. The third-order valence-corrected chi connectivity index (χ3v) is 4.97. The molecule has 1 aliphatic carbocycles. The van der Waals surface area contributed by atoms with Crippen molar-refractivity contribution < 1.29 is 4.79 Å². The Bertz CT molecular complexity index is 459. The first kappa shape index (κ1) is 13.7. The number of aryl methyl sites for hydroxylation is 1. The van der Waals surface area contributed by atoms with Crippen molar-refractivity contribution in [2.24, 2.45) is 5.92 Å². The molecule has 1 aromatic rings. The fourth-order valence-electron chi connectivity index (χ4n) is 3.72. The second-order valence-electron chi connectivity index (χ2n) is 6.50. The molecule has 108 valence electrons. The Morgan fingerprint density at radius 1 is 1.05 bits per heavy atom. The van der Waals surface area contributed by atoms with Gasteiger partial charge >= 0.3 is 0 Å². The monoisotopic (exact) mass is 271 g/mol. The maximum atomic E-state index is 12.6. The Morgan fingerprint density at radius 2 is 1.75 bits per heavy atom. The summed E-state index contributed by atoms with van der Waals surface area (Å²) in [6.45, 7) is 3.09. The molecule has 1 aliphatic heterocycles. The largest absolute Gasteiger partial charge is 0.339 e. The zero-order valence-corrected chi connectivity index (χ0v) is 12.5. The summed E-state index contributed by atoms with van der Waals surface area (Å²) >= 11 is 0.